The summed E-state index contributed by atoms with van der Waals surface area (Å²) in [7, 11) is 0. The summed E-state index contributed by atoms with van der Waals surface area (Å²) in [6.07, 6.45) is 9.24. The Hall–Kier alpha value is -0.683. The van der Waals surface area contributed by atoms with Crippen LogP contribution in [0, 0.1) is 0 Å². The molecule has 0 fully saturated rings. The minimum atomic E-state index is -2.52. The summed E-state index contributed by atoms with van der Waals surface area (Å²) in [5, 5.41) is 9.43. The van der Waals surface area contributed by atoms with Crippen LogP contribution in [0.1, 0.15) is 63.9 Å². The molecule has 0 atom stereocenters. The number of ether oxygens (including phenoxy) is 1. The molecule has 0 aromatic heterocycles. The Balaban J connectivity index is 2.44. The molecule has 27 heavy (non-hydrogen) atoms. The first-order valence-electron chi connectivity index (χ1n) is 9.55. The number of hydrogen-bond acceptors (Lipinski definition) is 2. The van der Waals surface area contributed by atoms with Crippen molar-refractivity contribution in [1.82, 2.24) is 0 Å². The highest BCUT2D eigenvalue weighted by Crippen LogP contribution is 2.28. The van der Waals surface area contributed by atoms with Crippen LogP contribution < -0.4 is 4.74 Å². The van der Waals surface area contributed by atoms with Gasteiger partial charge in [0.05, 0.1) is 6.61 Å². The normalized spacial score (nSPS) is 12.2. The molecule has 1 rings (SSSR count). The number of unbranched alkanes of at least 4 members (excludes halogenated alkanes) is 5. The van der Waals surface area contributed by atoms with Gasteiger partial charge in [0, 0.05) is 5.57 Å². The van der Waals surface area contributed by atoms with E-state index in [4.69, 9.17) is 38.0 Å². The standard InChI is InChI=1S/C20H29Cl3O3Si/c1-2-3-7-14-26-19-12-10-17(11-13-19)16-18(20(24)25)9-6-4-5-8-15-27(21,22)23/h10-13,16H,2-9,14-15H2,1H3,(H,24,25)/b18-16+. The molecule has 0 heterocycles. The van der Waals surface area contributed by atoms with Crippen molar-refractivity contribution in [3.05, 3.63) is 35.4 Å². The SMILES string of the molecule is CCCCCOc1ccc(/C=C(\CCCCCC[Si](Cl)(Cl)Cl)C(=O)O)cc1. The lowest BCUT2D eigenvalue weighted by molar-refractivity contribution is -0.132. The van der Waals surface area contributed by atoms with Gasteiger partial charge in [0.1, 0.15) is 5.75 Å². The van der Waals surface area contributed by atoms with Crippen molar-refractivity contribution in [3.8, 4) is 5.75 Å². The van der Waals surface area contributed by atoms with E-state index in [2.05, 4.69) is 6.92 Å². The monoisotopic (exact) mass is 450 g/mol. The first-order valence-corrected chi connectivity index (χ1v) is 14.8. The summed E-state index contributed by atoms with van der Waals surface area (Å²) in [5.41, 5.74) is 1.29. The molecular weight excluding hydrogens is 423 g/mol. The molecule has 0 aliphatic carbocycles. The van der Waals surface area contributed by atoms with Crippen LogP contribution in [0.5, 0.6) is 5.75 Å². The Bertz CT molecular complexity index is 583. The van der Waals surface area contributed by atoms with Crippen LogP contribution in [-0.2, 0) is 4.79 Å². The molecule has 1 N–H and O–H groups in total. The third-order valence-electron chi connectivity index (χ3n) is 4.17. The molecule has 3 nitrogen and oxygen atoms in total. The molecule has 0 aliphatic heterocycles. The molecule has 7 heteroatoms. The zero-order chi connectivity index (χ0) is 20.1. The Kier molecular flexibility index (Phi) is 12.2. The number of carboxylic acids is 1. The summed E-state index contributed by atoms with van der Waals surface area (Å²) in [5.74, 6) is -0.0544. The zero-order valence-electron chi connectivity index (χ0n) is 15.9. The summed E-state index contributed by atoms with van der Waals surface area (Å²) >= 11 is 17.6. The first kappa shape index (κ1) is 24.4. The second kappa shape index (κ2) is 13.5. The third-order valence-corrected chi connectivity index (χ3v) is 6.79. The van der Waals surface area contributed by atoms with Crippen molar-refractivity contribution in [1.29, 1.82) is 0 Å². The van der Waals surface area contributed by atoms with E-state index >= 15 is 0 Å². The highest BCUT2D eigenvalue weighted by molar-refractivity contribution is 7.64. The van der Waals surface area contributed by atoms with Crippen molar-refractivity contribution in [3.63, 3.8) is 0 Å². The van der Waals surface area contributed by atoms with Gasteiger partial charge >= 0.3 is 12.0 Å². The summed E-state index contributed by atoms with van der Waals surface area (Å²) in [6.45, 7) is 2.87. The average molecular weight is 452 g/mol. The van der Waals surface area contributed by atoms with Crippen LogP contribution in [0.15, 0.2) is 29.8 Å². The van der Waals surface area contributed by atoms with Gasteiger partial charge in [-0.25, -0.2) is 4.79 Å². The minimum absolute atomic E-state index is 0.419. The molecule has 0 bridgehead atoms. The molecule has 0 radical (unpaired) electrons. The maximum atomic E-state index is 11.5. The molecule has 0 aliphatic rings. The smallest absolute Gasteiger partial charge is 0.341 e. The fourth-order valence-corrected chi connectivity index (χ4v) is 4.49. The molecular formula is C20H29Cl3O3Si. The lowest BCUT2D eigenvalue weighted by Crippen LogP contribution is -2.07. The quantitative estimate of drug-likeness (QED) is 0.139. The van der Waals surface area contributed by atoms with E-state index in [9.17, 15) is 9.90 Å². The fraction of sp³-hybridized carbons (Fsp3) is 0.550. The van der Waals surface area contributed by atoms with Gasteiger partial charge in [0.15, 0.2) is 0 Å². The van der Waals surface area contributed by atoms with Gasteiger partial charge in [-0.2, -0.15) is 0 Å². The molecule has 0 saturated heterocycles. The maximum absolute atomic E-state index is 11.5. The van der Waals surface area contributed by atoms with E-state index in [1.165, 1.54) is 6.42 Å². The Morgan fingerprint density at radius 1 is 1.04 bits per heavy atom. The Labute approximate surface area is 177 Å². The highest BCUT2D eigenvalue weighted by atomic mass is 35.8. The Morgan fingerprint density at radius 3 is 2.30 bits per heavy atom. The Morgan fingerprint density at radius 2 is 1.70 bits per heavy atom. The second-order valence-electron chi connectivity index (χ2n) is 6.63. The van der Waals surface area contributed by atoms with E-state index in [1.807, 2.05) is 24.3 Å². The molecule has 0 spiro atoms. The van der Waals surface area contributed by atoms with Crippen molar-refractivity contribution in [2.75, 3.05) is 6.61 Å². The van der Waals surface area contributed by atoms with E-state index in [-0.39, 0.29) is 0 Å². The zero-order valence-corrected chi connectivity index (χ0v) is 19.1. The highest BCUT2D eigenvalue weighted by Gasteiger charge is 2.23. The van der Waals surface area contributed by atoms with Gasteiger partial charge < -0.3 is 9.84 Å². The van der Waals surface area contributed by atoms with Crippen LogP contribution in [0.4, 0.5) is 0 Å². The van der Waals surface area contributed by atoms with Gasteiger partial charge in [-0.05, 0) is 49.1 Å². The van der Waals surface area contributed by atoms with E-state index in [0.29, 0.717) is 24.6 Å². The van der Waals surface area contributed by atoms with Crippen molar-refractivity contribution in [2.24, 2.45) is 0 Å². The summed E-state index contributed by atoms with van der Waals surface area (Å²) in [6, 6.07) is 5.69. The van der Waals surface area contributed by atoms with Gasteiger partial charge in [-0.1, -0.05) is 51.2 Å². The largest absolute Gasteiger partial charge is 0.494 e. The topological polar surface area (TPSA) is 46.5 Å². The van der Waals surface area contributed by atoms with E-state index < -0.39 is 12.0 Å². The third kappa shape index (κ3) is 12.4. The lowest BCUT2D eigenvalue weighted by atomic mass is 10.0. The summed E-state index contributed by atoms with van der Waals surface area (Å²) < 4.78 is 5.68. The molecule has 0 unspecified atom stereocenters. The number of carbonyl (C=O) groups is 1. The van der Waals surface area contributed by atoms with Crippen LogP contribution in [-0.4, -0.2) is 23.7 Å². The van der Waals surface area contributed by atoms with Crippen LogP contribution in [0.2, 0.25) is 6.04 Å². The number of hydrogen-bond donors (Lipinski definition) is 1. The van der Waals surface area contributed by atoms with Gasteiger partial charge in [-0.15, -0.1) is 33.2 Å². The van der Waals surface area contributed by atoms with E-state index in [1.54, 1.807) is 6.08 Å². The summed E-state index contributed by atoms with van der Waals surface area (Å²) in [4.78, 5) is 11.5. The molecule has 0 amide bonds. The first-order chi connectivity index (χ1) is 12.8. The molecule has 1 aromatic rings. The second-order valence-corrected chi connectivity index (χ2v) is 15.9. The van der Waals surface area contributed by atoms with Crippen LogP contribution in [0.25, 0.3) is 6.08 Å². The number of carboxylic acid groups (broad SMARTS) is 1. The van der Waals surface area contributed by atoms with Gasteiger partial charge in [0.25, 0.3) is 0 Å². The van der Waals surface area contributed by atoms with E-state index in [0.717, 1.165) is 49.8 Å². The number of aliphatic carboxylic acids is 1. The predicted octanol–water partition coefficient (Wildman–Crippen LogP) is 7.33. The number of benzene rings is 1. The lowest BCUT2D eigenvalue weighted by Gasteiger charge is -2.08. The number of halogens is 3. The molecule has 1 aromatic carbocycles. The van der Waals surface area contributed by atoms with Crippen molar-refractivity contribution < 1.29 is 14.6 Å². The molecule has 0 saturated carbocycles. The maximum Gasteiger partial charge on any atom is 0.341 e. The average Bonchev–Trinajstić information content (AvgIpc) is 2.60. The molecule has 152 valence electrons. The van der Waals surface area contributed by atoms with Gasteiger partial charge in [-0.3, -0.25) is 0 Å². The predicted molar refractivity (Wildman–Crippen MR) is 118 cm³/mol. The van der Waals surface area contributed by atoms with Crippen molar-refractivity contribution in [2.45, 2.75) is 64.3 Å². The van der Waals surface area contributed by atoms with Gasteiger partial charge in [0.2, 0.25) is 0 Å². The number of rotatable bonds is 14. The fourth-order valence-electron chi connectivity index (χ4n) is 2.64. The van der Waals surface area contributed by atoms with Crippen molar-refractivity contribution >= 4 is 51.3 Å². The van der Waals surface area contributed by atoms with Crippen LogP contribution in [0.3, 0.4) is 0 Å². The van der Waals surface area contributed by atoms with Crippen LogP contribution >= 0.6 is 33.2 Å². The minimum Gasteiger partial charge on any atom is -0.494 e.